The van der Waals surface area contributed by atoms with Gasteiger partial charge in [-0.1, -0.05) is 0 Å². The third-order valence-corrected chi connectivity index (χ3v) is 2.04. The number of rotatable bonds is 3. The Morgan fingerprint density at radius 2 is 2.06 bits per heavy atom. The van der Waals surface area contributed by atoms with Gasteiger partial charge in [-0.05, 0) is 32.4 Å². The second-order valence-electron chi connectivity index (χ2n) is 3.83. The minimum atomic E-state index is -0.898. The highest BCUT2D eigenvalue weighted by molar-refractivity contribution is 5.94. The number of halogens is 1. The van der Waals surface area contributed by atoms with Gasteiger partial charge >= 0.3 is 5.97 Å². The predicted octanol–water partition coefficient (Wildman–Crippen LogP) is 2.61. The van der Waals surface area contributed by atoms with E-state index in [-0.39, 0.29) is 11.1 Å². The zero-order valence-electron chi connectivity index (χ0n) is 9.69. The number of nitro benzene ring substituents is 1. The van der Waals surface area contributed by atoms with Crippen LogP contribution in [0.2, 0.25) is 0 Å². The van der Waals surface area contributed by atoms with Crippen LogP contribution < -0.4 is 0 Å². The molecular formula is C11H12FNO4. The highest BCUT2D eigenvalue weighted by Crippen LogP contribution is 2.23. The number of hydrogen-bond acceptors (Lipinski definition) is 4. The second kappa shape index (κ2) is 4.90. The Labute approximate surface area is 97.3 Å². The van der Waals surface area contributed by atoms with E-state index in [1.54, 1.807) is 13.8 Å². The second-order valence-corrected chi connectivity index (χ2v) is 3.83. The normalized spacial score (nSPS) is 10.4. The molecule has 0 aliphatic carbocycles. The van der Waals surface area contributed by atoms with E-state index in [0.29, 0.717) is 0 Å². The number of benzene rings is 1. The summed E-state index contributed by atoms with van der Waals surface area (Å²) in [6, 6.07) is 1.85. The predicted molar refractivity (Wildman–Crippen MR) is 58.3 cm³/mol. The van der Waals surface area contributed by atoms with E-state index >= 15 is 0 Å². The number of nitrogens with zero attached hydrogens (tertiary/aromatic N) is 1. The van der Waals surface area contributed by atoms with Gasteiger partial charge in [-0.3, -0.25) is 10.1 Å². The van der Waals surface area contributed by atoms with E-state index in [1.807, 2.05) is 0 Å². The molecule has 0 fully saturated rings. The van der Waals surface area contributed by atoms with Crippen molar-refractivity contribution in [2.24, 2.45) is 0 Å². The van der Waals surface area contributed by atoms with E-state index < -0.39 is 28.5 Å². The molecule has 6 heteroatoms. The molecule has 0 aliphatic rings. The van der Waals surface area contributed by atoms with Crippen LogP contribution in [0, 0.1) is 22.9 Å². The average molecular weight is 241 g/mol. The van der Waals surface area contributed by atoms with Gasteiger partial charge in [0.25, 0.3) is 5.69 Å². The summed E-state index contributed by atoms with van der Waals surface area (Å²) in [5.41, 5.74) is -0.709. The molecule has 0 N–H and O–H groups in total. The number of esters is 1. The van der Waals surface area contributed by atoms with Crippen LogP contribution in [0.1, 0.15) is 29.8 Å². The minimum absolute atomic E-state index is 0.109. The number of carbonyl (C=O) groups is 1. The van der Waals surface area contributed by atoms with Gasteiger partial charge in [-0.2, -0.15) is 0 Å². The summed E-state index contributed by atoms with van der Waals surface area (Å²) in [6.07, 6.45) is -0.425. The molecule has 0 bridgehead atoms. The topological polar surface area (TPSA) is 69.4 Å². The van der Waals surface area contributed by atoms with Crippen LogP contribution in [0.3, 0.4) is 0 Å². The number of ether oxygens (including phenoxy) is 1. The van der Waals surface area contributed by atoms with Gasteiger partial charge in [0.2, 0.25) is 0 Å². The molecular weight excluding hydrogens is 229 g/mol. The van der Waals surface area contributed by atoms with Crippen molar-refractivity contribution in [2.45, 2.75) is 26.9 Å². The molecule has 0 aromatic heterocycles. The van der Waals surface area contributed by atoms with Gasteiger partial charge in [-0.15, -0.1) is 0 Å². The first-order valence-corrected chi connectivity index (χ1v) is 4.98. The van der Waals surface area contributed by atoms with Crippen LogP contribution >= 0.6 is 0 Å². The molecule has 17 heavy (non-hydrogen) atoms. The molecule has 1 aromatic carbocycles. The monoisotopic (exact) mass is 241 g/mol. The van der Waals surface area contributed by atoms with Gasteiger partial charge in [0.15, 0.2) is 0 Å². The van der Waals surface area contributed by atoms with E-state index in [2.05, 4.69) is 0 Å². The third kappa shape index (κ3) is 2.99. The molecule has 0 amide bonds. The molecule has 5 nitrogen and oxygen atoms in total. The first-order valence-electron chi connectivity index (χ1n) is 4.98. The van der Waals surface area contributed by atoms with Crippen molar-refractivity contribution in [1.29, 1.82) is 0 Å². The average Bonchev–Trinajstić information content (AvgIpc) is 2.19. The summed E-state index contributed by atoms with van der Waals surface area (Å²) in [5.74, 6) is -1.57. The lowest BCUT2D eigenvalue weighted by Crippen LogP contribution is -2.14. The fourth-order valence-corrected chi connectivity index (χ4v) is 1.26. The van der Waals surface area contributed by atoms with Gasteiger partial charge < -0.3 is 4.74 Å². The van der Waals surface area contributed by atoms with Gasteiger partial charge in [-0.25, -0.2) is 9.18 Å². The fraction of sp³-hybridized carbons (Fsp3) is 0.364. The van der Waals surface area contributed by atoms with Crippen LogP contribution in [-0.2, 0) is 4.74 Å². The van der Waals surface area contributed by atoms with E-state index in [4.69, 9.17) is 4.74 Å². The summed E-state index contributed by atoms with van der Waals surface area (Å²) in [5, 5.41) is 10.8. The Balaban J connectivity index is 3.26. The summed E-state index contributed by atoms with van der Waals surface area (Å²) >= 11 is 0. The Morgan fingerprint density at radius 1 is 1.47 bits per heavy atom. The molecule has 92 valence electrons. The van der Waals surface area contributed by atoms with E-state index in [9.17, 15) is 19.3 Å². The van der Waals surface area contributed by atoms with Crippen molar-refractivity contribution in [3.63, 3.8) is 0 Å². The van der Waals surface area contributed by atoms with Crippen LogP contribution in [-0.4, -0.2) is 17.0 Å². The number of nitro groups is 1. The van der Waals surface area contributed by atoms with Gasteiger partial charge in [0.1, 0.15) is 11.4 Å². The number of hydrogen-bond donors (Lipinski definition) is 0. The Morgan fingerprint density at radius 3 is 2.53 bits per heavy atom. The Hall–Kier alpha value is -1.98. The highest BCUT2D eigenvalue weighted by Gasteiger charge is 2.24. The zero-order chi connectivity index (χ0) is 13.2. The SMILES string of the molecule is Cc1cc([N+](=O)[O-])c(C(=O)OC(C)C)cc1F. The molecule has 0 unspecified atom stereocenters. The third-order valence-electron chi connectivity index (χ3n) is 2.04. The molecule has 0 spiro atoms. The minimum Gasteiger partial charge on any atom is -0.459 e. The molecule has 1 aromatic rings. The van der Waals surface area contributed by atoms with Crippen molar-refractivity contribution in [2.75, 3.05) is 0 Å². The molecule has 0 saturated carbocycles. The van der Waals surface area contributed by atoms with Crippen LogP contribution in [0.15, 0.2) is 12.1 Å². The van der Waals surface area contributed by atoms with Crippen LogP contribution in [0.25, 0.3) is 0 Å². The molecule has 0 aliphatic heterocycles. The van der Waals surface area contributed by atoms with Crippen molar-refractivity contribution in [3.05, 3.63) is 39.2 Å². The standard InChI is InChI=1S/C11H12FNO4/c1-6(2)17-11(14)8-5-9(12)7(3)4-10(8)13(15)16/h4-6H,1-3H3. The fourth-order valence-electron chi connectivity index (χ4n) is 1.26. The van der Waals surface area contributed by atoms with Gasteiger partial charge in [0, 0.05) is 6.07 Å². The lowest BCUT2D eigenvalue weighted by Gasteiger charge is -2.08. The van der Waals surface area contributed by atoms with Crippen LogP contribution in [0.4, 0.5) is 10.1 Å². The first-order chi connectivity index (χ1) is 7.82. The lowest BCUT2D eigenvalue weighted by molar-refractivity contribution is -0.385. The Bertz CT molecular complexity index is 471. The quantitative estimate of drug-likeness (QED) is 0.463. The van der Waals surface area contributed by atoms with Crippen molar-refractivity contribution >= 4 is 11.7 Å². The van der Waals surface area contributed by atoms with Crippen molar-refractivity contribution < 1.29 is 18.8 Å². The van der Waals surface area contributed by atoms with Crippen molar-refractivity contribution in [3.8, 4) is 0 Å². The molecule has 0 atom stereocenters. The largest absolute Gasteiger partial charge is 0.459 e. The van der Waals surface area contributed by atoms with Gasteiger partial charge in [0.05, 0.1) is 11.0 Å². The summed E-state index contributed by atoms with van der Waals surface area (Å²) < 4.78 is 18.1. The molecule has 0 heterocycles. The summed E-state index contributed by atoms with van der Waals surface area (Å²) in [6.45, 7) is 4.60. The van der Waals surface area contributed by atoms with Crippen LogP contribution in [0.5, 0.6) is 0 Å². The highest BCUT2D eigenvalue weighted by atomic mass is 19.1. The number of aryl methyl sites for hydroxylation is 1. The molecule has 0 radical (unpaired) electrons. The maximum atomic E-state index is 13.3. The summed E-state index contributed by atoms with van der Waals surface area (Å²) in [7, 11) is 0. The first kappa shape index (κ1) is 13.1. The van der Waals surface area contributed by atoms with Crippen molar-refractivity contribution in [1.82, 2.24) is 0 Å². The van der Waals surface area contributed by atoms with E-state index in [1.165, 1.54) is 6.92 Å². The lowest BCUT2D eigenvalue weighted by atomic mass is 10.1. The smallest absolute Gasteiger partial charge is 0.345 e. The Kier molecular flexibility index (Phi) is 3.77. The maximum Gasteiger partial charge on any atom is 0.345 e. The number of carbonyl (C=O) groups excluding carboxylic acids is 1. The maximum absolute atomic E-state index is 13.3. The summed E-state index contributed by atoms with van der Waals surface area (Å²) in [4.78, 5) is 21.6. The van der Waals surface area contributed by atoms with E-state index in [0.717, 1.165) is 12.1 Å². The zero-order valence-corrected chi connectivity index (χ0v) is 9.69. The molecule has 1 rings (SSSR count). The molecule has 0 saturated heterocycles.